The van der Waals surface area contributed by atoms with Crippen molar-refractivity contribution in [1.82, 2.24) is 9.80 Å². The number of aliphatic hydroxyl groups excluding tert-OH is 1. The molecule has 1 saturated heterocycles. The van der Waals surface area contributed by atoms with Crippen LogP contribution >= 0.6 is 0 Å². The van der Waals surface area contributed by atoms with E-state index < -0.39 is 12.8 Å². The van der Waals surface area contributed by atoms with Gasteiger partial charge in [0, 0.05) is 38.3 Å². The predicted octanol–water partition coefficient (Wildman–Crippen LogP) is 1.38. The Labute approximate surface area is 132 Å². The van der Waals surface area contributed by atoms with Crippen molar-refractivity contribution >= 4 is 5.91 Å². The standard InChI is InChI=1S/C15H19F3N2O3/c16-15(17,18)11-23-13-3-1-12(2-4-13)14(22)20-7-5-19(6-8-20)9-10-21/h1-4,21H,5-11H2. The lowest BCUT2D eigenvalue weighted by atomic mass is 10.1. The Morgan fingerprint density at radius 1 is 1.13 bits per heavy atom. The van der Waals surface area contributed by atoms with Crippen molar-refractivity contribution in [3.63, 3.8) is 0 Å². The lowest BCUT2D eigenvalue weighted by Crippen LogP contribution is -2.49. The Morgan fingerprint density at radius 3 is 2.26 bits per heavy atom. The van der Waals surface area contributed by atoms with Crippen molar-refractivity contribution in [3.8, 4) is 5.75 Å². The fraction of sp³-hybridized carbons (Fsp3) is 0.533. The van der Waals surface area contributed by atoms with E-state index in [1.165, 1.54) is 24.3 Å². The Morgan fingerprint density at radius 2 is 1.74 bits per heavy atom. The highest BCUT2D eigenvalue weighted by molar-refractivity contribution is 5.94. The van der Waals surface area contributed by atoms with Crippen molar-refractivity contribution in [2.45, 2.75) is 6.18 Å². The lowest BCUT2D eigenvalue weighted by molar-refractivity contribution is -0.153. The van der Waals surface area contributed by atoms with Crippen LogP contribution < -0.4 is 4.74 Å². The fourth-order valence-corrected chi connectivity index (χ4v) is 2.36. The maximum Gasteiger partial charge on any atom is 0.422 e. The van der Waals surface area contributed by atoms with Crippen LogP contribution in [0.15, 0.2) is 24.3 Å². The number of nitrogens with zero attached hydrogens (tertiary/aromatic N) is 2. The topological polar surface area (TPSA) is 53.0 Å². The van der Waals surface area contributed by atoms with E-state index in [4.69, 9.17) is 5.11 Å². The number of carbonyl (C=O) groups is 1. The number of benzene rings is 1. The number of halogens is 3. The van der Waals surface area contributed by atoms with Crippen LogP contribution in [-0.2, 0) is 0 Å². The minimum absolute atomic E-state index is 0.0756. The van der Waals surface area contributed by atoms with Gasteiger partial charge in [-0.15, -0.1) is 0 Å². The summed E-state index contributed by atoms with van der Waals surface area (Å²) in [4.78, 5) is 16.1. The molecular formula is C15H19F3N2O3. The number of ether oxygens (including phenoxy) is 1. The SMILES string of the molecule is O=C(c1ccc(OCC(F)(F)F)cc1)N1CCN(CCO)CC1. The summed E-state index contributed by atoms with van der Waals surface area (Å²) in [7, 11) is 0. The van der Waals surface area contributed by atoms with Gasteiger partial charge >= 0.3 is 6.18 Å². The summed E-state index contributed by atoms with van der Waals surface area (Å²) in [5.74, 6) is -0.0809. The molecular weight excluding hydrogens is 313 g/mol. The average Bonchev–Trinajstić information content (AvgIpc) is 2.53. The van der Waals surface area contributed by atoms with Gasteiger partial charge in [0.05, 0.1) is 6.61 Å². The average molecular weight is 332 g/mol. The van der Waals surface area contributed by atoms with E-state index in [1.807, 2.05) is 0 Å². The maximum absolute atomic E-state index is 12.3. The quantitative estimate of drug-likeness (QED) is 0.885. The minimum Gasteiger partial charge on any atom is -0.484 e. The van der Waals surface area contributed by atoms with Gasteiger partial charge in [0.1, 0.15) is 5.75 Å². The van der Waals surface area contributed by atoms with E-state index in [9.17, 15) is 18.0 Å². The number of rotatable bonds is 5. The molecule has 23 heavy (non-hydrogen) atoms. The molecule has 0 unspecified atom stereocenters. The van der Waals surface area contributed by atoms with Crippen LogP contribution in [-0.4, -0.2) is 72.9 Å². The molecule has 5 nitrogen and oxygen atoms in total. The van der Waals surface area contributed by atoms with Gasteiger partial charge in [-0.1, -0.05) is 0 Å². The van der Waals surface area contributed by atoms with Crippen LogP contribution in [0, 0.1) is 0 Å². The fourth-order valence-electron chi connectivity index (χ4n) is 2.36. The molecule has 1 aliphatic heterocycles. The normalized spacial score (nSPS) is 16.4. The molecule has 1 amide bonds. The number of hydrogen-bond acceptors (Lipinski definition) is 4. The third-order valence-corrected chi connectivity index (χ3v) is 3.58. The molecule has 0 aromatic heterocycles. The summed E-state index contributed by atoms with van der Waals surface area (Å²) >= 11 is 0. The van der Waals surface area contributed by atoms with Gasteiger partial charge < -0.3 is 14.7 Å². The van der Waals surface area contributed by atoms with Crippen molar-refractivity contribution in [2.24, 2.45) is 0 Å². The van der Waals surface area contributed by atoms with E-state index in [0.29, 0.717) is 38.3 Å². The molecule has 1 N–H and O–H groups in total. The summed E-state index contributed by atoms with van der Waals surface area (Å²) in [6.07, 6.45) is -4.39. The van der Waals surface area contributed by atoms with Crippen LogP contribution in [0.1, 0.15) is 10.4 Å². The highest BCUT2D eigenvalue weighted by atomic mass is 19.4. The summed E-state index contributed by atoms with van der Waals surface area (Å²) in [6.45, 7) is 1.84. The minimum atomic E-state index is -4.39. The molecule has 1 aromatic carbocycles. The highest BCUT2D eigenvalue weighted by Gasteiger charge is 2.28. The monoisotopic (exact) mass is 332 g/mol. The van der Waals surface area contributed by atoms with Crippen molar-refractivity contribution in [2.75, 3.05) is 45.9 Å². The van der Waals surface area contributed by atoms with Crippen molar-refractivity contribution < 1.29 is 27.8 Å². The lowest BCUT2D eigenvalue weighted by Gasteiger charge is -2.34. The highest BCUT2D eigenvalue weighted by Crippen LogP contribution is 2.19. The number of carbonyl (C=O) groups excluding carboxylic acids is 1. The van der Waals surface area contributed by atoms with Crippen LogP contribution in [0.2, 0.25) is 0 Å². The summed E-state index contributed by atoms with van der Waals surface area (Å²) < 4.78 is 40.8. The van der Waals surface area contributed by atoms with E-state index in [2.05, 4.69) is 9.64 Å². The molecule has 0 bridgehead atoms. The molecule has 0 saturated carbocycles. The predicted molar refractivity (Wildman–Crippen MR) is 77.4 cm³/mol. The number of hydrogen-bond donors (Lipinski definition) is 1. The molecule has 0 spiro atoms. The van der Waals surface area contributed by atoms with Crippen molar-refractivity contribution in [3.05, 3.63) is 29.8 Å². The first-order valence-electron chi connectivity index (χ1n) is 7.31. The Kier molecular flexibility index (Phi) is 5.84. The van der Waals surface area contributed by atoms with Gasteiger partial charge in [-0.25, -0.2) is 0 Å². The van der Waals surface area contributed by atoms with E-state index in [0.717, 1.165) is 0 Å². The third-order valence-electron chi connectivity index (χ3n) is 3.58. The van der Waals surface area contributed by atoms with Gasteiger partial charge in [-0.2, -0.15) is 13.2 Å². The Balaban J connectivity index is 1.88. The van der Waals surface area contributed by atoms with Gasteiger partial charge in [0.15, 0.2) is 6.61 Å². The zero-order valence-corrected chi connectivity index (χ0v) is 12.6. The van der Waals surface area contributed by atoms with Gasteiger partial charge in [0.25, 0.3) is 5.91 Å². The van der Waals surface area contributed by atoms with Gasteiger partial charge in [-0.05, 0) is 24.3 Å². The van der Waals surface area contributed by atoms with E-state index in [-0.39, 0.29) is 18.3 Å². The second-order valence-electron chi connectivity index (χ2n) is 5.29. The molecule has 2 rings (SSSR count). The molecule has 1 aliphatic rings. The van der Waals surface area contributed by atoms with Crippen LogP contribution in [0.3, 0.4) is 0 Å². The first kappa shape index (κ1) is 17.6. The second kappa shape index (κ2) is 7.65. The zero-order chi connectivity index (χ0) is 16.9. The molecule has 1 aromatic rings. The number of aliphatic hydroxyl groups is 1. The van der Waals surface area contributed by atoms with Crippen LogP contribution in [0.4, 0.5) is 13.2 Å². The molecule has 1 fully saturated rings. The smallest absolute Gasteiger partial charge is 0.422 e. The molecule has 128 valence electrons. The largest absolute Gasteiger partial charge is 0.484 e. The van der Waals surface area contributed by atoms with Crippen LogP contribution in [0.25, 0.3) is 0 Å². The maximum atomic E-state index is 12.3. The first-order chi connectivity index (χ1) is 10.9. The van der Waals surface area contributed by atoms with E-state index >= 15 is 0 Å². The molecule has 1 heterocycles. The number of β-amino-alcohol motifs (C(OH)–C–C–N with tert-alkyl or cyclic N) is 1. The summed E-state index contributed by atoms with van der Waals surface area (Å²) in [5.41, 5.74) is 0.417. The number of amides is 1. The Bertz CT molecular complexity index is 512. The van der Waals surface area contributed by atoms with Gasteiger partial charge in [-0.3, -0.25) is 9.69 Å². The number of piperazine rings is 1. The van der Waals surface area contributed by atoms with Crippen LogP contribution in [0.5, 0.6) is 5.75 Å². The zero-order valence-electron chi connectivity index (χ0n) is 12.6. The van der Waals surface area contributed by atoms with E-state index in [1.54, 1.807) is 4.90 Å². The summed E-state index contributed by atoms with van der Waals surface area (Å²) in [6, 6.07) is 5.66. The Hall–Kier alpha value is -1.80. The second-order valence-corrected chi connectivity index (χ2v) is 5.29. The molecule has 0 aliphatic carbocycles. The molecule has 0 radical (unpaired) electrons. The number of alkyl halides is 3. The third kappa shape index (κ3) is 5.40. The summed E-state index contributed by atoms with van der Waals surface area (Å²) in [5, 5.41) is 8.89. The molecule has 0 atom stereocenters. The van der Waals surface area contributed by atoms with Gasteiger partial charge in [0.2, 0.25) is 0 Å². The first-order valence-corrected chi connectivity index (χ1v) is 7.31. The molecule has 8 heteroatoms. The van der Waals surface area contributed by atoms with Crippen molar-refractivity contribution in [1.29, 1.82) is 0 Å².